The number of rotatable bonds is 6. The Morgan fingerprint density at radius 2 is 2.12 bits per heavy atom. The van der Waals surface area contributed by atoms with Crippen molar-refractivity contribution in [1.29, 1.82) is 0 Å². The van der Waals surface area contributed by atoms with Gasteiger partial charge in [0.15, 0.2) is 0 Å². The molecule has 4 heteroatoms. The third kappa shape index (κ3) is 3.54. The molecule has 3 aromatic rings. The van der Waals surface area contributed by atoms with Crippen LogP contribution in [0.2, 0.25) is 0 Å². The number of imidazole rings is 1. The molecule has 0 N–H and O–H groups in total. The topological polar surface area (TPSA) is 36.3 Å². The predicted molar refractivity (Wildman–Crippen MR) is 99.0 cm³/mol. The Hall–Kier alpha value is -2.33. The second-order valence-corrected chi connectivity index (χ2v) is 6.63. The summed E-state index contributed by atoms with van der Waals surface area (Å²) in [6, 6.07) is 16.5. The van der Waals surface area contributed by atoms with Crippen molar-refractivity contribution in [3.05, 3.63) is 59.9 Å². The van der Waals surface area contributed by atoms with Crippen LogP contribution in [0.5, 0.6) is 5.75 Å². The average Bonchev–Trinajstić information content (AvgIpc) is 3.26. The fourth-order valence-electron chi connectivity index (χ4n) is 3.47. The summed E-state index contributed by atoms with van der Waals surface area (Å²) in [5, 5.41) is 0. The molecule has 0 radical (unpaired) electrons. The van der Waals surface area contributed by atoms with E-state index in [2.05, 4.69) is 41.8 Å². The van der Waals surface area contributed by atoms with Crippen molar-refractivity contribution in [1.82, 2.24) is 9.55 Å². The first kappa shape index (κ1) is 16.2. The maximum atomic E-state index is 5.90. The van der Waals surface area contributed by atoms with Crippen molar-refractivity contribution in [3.63, 3.8) is 0 Å². The summed E-state index contributed by atoms with van der Waals surface area (Å²) in [4.78, 5) is 4.84. The van der Waals surface area contributed by atoms with Gasteiger partial charge in [-0.05, 0) is 56.0 Å². The smallest absolute Gasteiger partial charge is 0.139 e. The van der Waals surface area contributed by atoms with Crippen molar-refractivity contribution in [2.24, 2.45) is 0 Å². The molecule has 0 bridgehead atoms. The fraction of sp³-hybridized carbons (Fsp3) is 0.381. The van der Waals surface area contributed by atoms with Crippen molar-refractivity contribution < 1.29 is 9.47 Å². The maximum absolute atomic E-state index is 5.90. The van der Waals surface area contributed by atoms with E-state index in [1.807, 2.05) is 18.2 Å². The number of aromatic nitrogens is 2. The molecule has 0 spiro atoms. The van der Waals surface area contributed by atoms with Gasteiger partial charge in [0.25, 0.3) is 0 Å². The van der Waals surface area contributed by atoms with Gasteiger partial charge in [0.05, 0.1) is 17.6 Å². The summed E-state index contributed by atoms with van der Waals surface area (Å²) in [7, 11) is 0. The zero-order valence-electron chi connectivity index (χ0n) is 14.6. The molecule has 1 unspecified atom stereocenters. The lowest BCUT2D eigenvalue weighted by Crippen LogP contribution is -2.11. The van der Waals surface area contributed by atoms with Crippen molar-refractivity contribution in [3.8, 4) is 5.75 Å². The van der Waals surface area contributed by atoms with E-state index < -0.39 is 0 Å². The molecule has 1 aliphatic heterocycles. The third-order valence-electron chi connectivity index (χ3n) is 4.69. The molecule has 2 heterocycles. The molecule has 1 saturated heterocycles. The van der Waals surface area contributed by atoms with Crippen molar-refractivity contribution in [2.75, 3.05) is 13.2 Å². The first-order valence-electron chi connectivity index (χ1n) is 9.07. The number of para-hydroxylation sites is 2. The standard InChI is InChI=1S/C21H24N2O2/c1-16-7-4-8-17(15-16)24-14-6-12-23-19-10-3-2-9-18(19)22-21(23)20-11-5-13-25-20/h2-4,7-10,15,20H,5-6,11-14H2,1H3. The first-order valence-corrected chi connectivity index (χ1v) is 9.07. The van der Waals surface area contributed by atoms with Gasteiger partial charge in [-0.25, -0.2) is 4.98 Å². The minimum Gasteiger partial charge on any atom is -0.494 e. The molecule has 2 aromatic carbocycles. The summed E-state index contributed by atoms with van der Waals surface area (Å²) < 4.78 is 14.1. The highest BCUT2D eigenvalue weighted by Gasteiger charge is 2.24. The van der Waals surface area contributed by atoms with Gasteiger partial charge in [-0.2, -0.15) is 0 Å². The Kier molecular flexibility index (Phi) is 4.70. The lowest BCUT2D eigenvalue weighted by atomic mass is 10.2. The molecule has 1 fully saturated rings. The van der Waals surface area contributed by atoms with Crippen LogP contribution in [-0.4, -0.2) is 22.8 Å². The van der Waals surface area contributed by atoms with E-state index >= 15 is 0 Å². The molecular weight excluding hydrogens is 312 g/mol. The van der Waals surface area contributed by atoms with E-state index in [1.165, 1.54) is 11.1 Å². The fourth-order valence-corrected chi connectivity index (χ4v) is 3.47. The van der Waals surface area contributed by atoms with Crippen LogP contribution in [0.3, 0.4) is 0 Å². The zero-order valence-corrected chi connectivity index (χ0v) is 14.6. The lowest BCUT2D eigenvalue weighted by molar-refractivity contribution is 0.102. The molecular formula is C21H24N2O2. The molecule has 0 aliphatic carbocycles. The van der Waals surface area contributed by atoms with Crippen LogP contribution in [-0.2, 0) is 11.3 Å². The Bertz CT molecular complexity index is 850. The second-order valence-electron chi connectivity index (χ2n) is 6.63. The number of benzene rings is 2. The van der Waals surface area contributed by atoms with Gasteiger partial charge >= 0.3 is 0 Å². The zero-order chi connectivity index (χ0) is 17.1. The van der Waals surface area contributed by atoms with Gasteiger partial charge in [-0.1, -0.05) is 24.3 Å². The monoisotopic (exact) mass is 336 g/mol. The van der Waals surface area contributed by atoms with Crippen LogP contribution in [0.15, 0.2) is 48.5 Å². The molecule has 130 valence electrons. The van der Waals surface area contributed by atoms with Crippen molar-refractivity contribution in [2.45, 2.75) is 38.8 Å². The van der Waals surface area contributed by atoms with E-state index in [1.54, 1.807) is 0 Å². The van der Waals surface area contributed by atoms with E-state index in [0.717, 1.165) is 49.5 Å². The van der Waals surface area contributed by atoms with Crippen LogP contribution in [0.25, 0.3) is 11.0 Å². The van der Waals surface area contributed by atoms with E-state index in [4.69, 9.17) is 14.5 Å². The Morgan fingerprint density at radius 1 is 1.20 bits per heavy atom. The van der Waals surface area contributed by atoms with E-state index in [9.17, 15) is 0 Å². The number of aryl methyl sites for hydroxylation is 2. The van der Waals surface area contributed by atoms with Gasteiger partial charge in [-0.3, -0.25) is 0 Å². The molecule has 4 rings (SSSR count). The highest BCUT2D eigenvalue weighted by Crippen LogP contribution is 2.30. The molecule has 0 amide bonds. The SMILES string of the molecule is Cc1cccc(OCCCn2c(C3CCCO3)nc3ccccc32)c1. The van der Waals surface area contributed by atoms with Gasteiger partial charge in [0.1, 0.15) is 17.7 Å². The highest BCUT2D eigenvalue weighted by atomic mass is 16.5. The predicted octanol–water partition coefficient (Wildman–Crippen LogP) is 4.67. The molecule has 1 atom stereocenters. The van der Waals surface area contributed by atoms with Crippen LogP contribution in [0.1, 0.15) is 36.8 Å². The van der Waals surface area contributed by atoms with Gasteiger partial charge in [0.2, 0.25) is 0 Å². The number of fused-ring (bicyclic) bond motifs is 1. The van der Waals surface area contributed by atoms with Crippen LogP contribution in [0.4, 0.5) is 0 Å². The first-order chi connectivity index (χ1) is 12.3. The lowest BCUT2D eigenvalue weighted by Gasteiger charge is -2.14. The molecule has 1 aromatic heterocycles. The number of nitrogens with zero attached hydrogens (tertiary/aromatic N) is 2. The third-order valence-corrected chi connectivity index (χ3v) is 4.69. The minimum absolute atomic E-state index is 0.130. The molecule has 0 saturated carbocycles. The number of hydrogen-bond donors (Lipinski definition) is 0. The van der Waals surface area contributed by atoms with Gasteiger partial charge in [-0.15, -0.1) is 0 Å². The molecule has 25 heavy (non-hydrogen) atoms. The Morgan fingerprint density at radius 3 is 2.96 bits per heavy atom. The number of hydrogen-bond acceptors (Lipinski definition) is 3. The largest absolute Gasteiger partial charge is 0.494 e. The summed E-state index contributed by atoms with van der Waals surface area (Å²) >= 11 is 0. The van der Waals surface area contributed by atoms with E-state index in [0.29, 0.717) is 6.61 Å². The Labute approximate surface area is 148 Å². The quantitative estimate of drug-likeness (QED) is 0.614. The van der Waals surface area contributed by atoms with E-state index in [-0.39, 0.29) is 6.10 Å². The maximum Gasteiger partial charge on any atom is 0.139 e. The average molecular weight is 336 g/mol. The molecule has 1 aliphatic rings. The van der Waals surface area contributed by atoms with Crippen LogP contribution >= 0.6 is 0 Å². The van der Waals surface area contributed by atoms with Crippen LogP contribution < -0.4 is 4.74 Å². The summed E-state index contributed by atoms with van der Waals surface area (Å²) in [6.07, 6.45) is 3.24. The summed E-state index contributed by atoms with van der Waals surface area (Å²) in [5.41, 5.74) is 3.45. The van der Waals surface area contributed by atoms with Gasteiger partial charge in [0, 0.05) is 13.2 Å². The highest BCUT2D eigenvalue weighted by molar-refractivity contribution is 5.76. The van der Waals surface area contributed by atoms with Crippen LogP contribution in [0, 0.1) is 6.92 Å². The normalized spacial score (nSPS) is 17.2. The van der Waals surface area contributed by atoms with Crippen molar-refractivity contribution >= 4 is 11.0 Å². The summed E-state index contributed by atoms with van der Waals surface area (Å²) in [6.45, 7) is 4.51. The Balaban J connectivity index is 1.47. The molecule has 4 nitrogen and oxygen atoms in total. The number of ether oxygens (including phenoxy) is 2. The summed E-state index contributed by atoms with van der Waals surface area (Å²) in [5.74, 6) is 2.00. The van der Waals surface area contributed by atoms with Gasteiger partial charge < -0.3 is 14.0 Å². The second kappa shape index (κ2) is 7.28. The minimum atomic E-state index is 0.130.